The van der Waals surface area contributed by atoms with Crippen molar-refractivity contribution in [1.82, 2.24) is 14.7 Å². The molecule has 0 spiro atoms. The second kappa shape index (κ2) is 6.95. The molecule has 1 aliphatic rings. The Hall–Kier alpha value is -3.23. The minimum atomic E-state index is -1.05. The van der Waals surface area contributed by atoms with Gasteiger partial charge in [0.1, 0.15) is 12.4 Å². The predicted molar refractivity (Wildman–Crippen MR) is 88.5 cm³/mol. The lowest BCUT2D eigenvalue weighted by atomic mass is 9.93. The number of aromatic nitrogens is 2. The van der Waals surface area contributed by atoms with Gasteiger partial charge in [-0.3, -0.25) is 19.1 Å². The van der Waals surface area contributed by atoms with Crippen molar-refractivity contribution >= 4 is 23.6 Å². The lowest BCUT2D eigenvalue weighted by Gasteiger charge is -2.24. The summed E-state index contributed by atoms with van der Waals surface area (Å²) in [6, 6.07) is 6.65. The standard InChI is InChI=1S/C17H17FN4O4/c1-21-14(23)8-12(16(21)10-2-4-11(18)5-3-10)17(26)19-13-6-7-22(20-13)9-15(24)25/h2-7,12,16H,8-9H2,1H3,(H,24,25)(H,19,20,26). The Bertz CT molecular complexity index is 849. The number of likely N-dealkylation sites (tertiary alicyclic amines) is 1. The number of nitrogens with one attached hydrogen (secondary N) is 1. The van der Waals surface area contributed by atoms with E-state index in [2.05, 4.69) is 10.4 Å². The van der Waals surface area contributed by atoms with Crippen molar-refractivity contribution in [2.45, 2.75) is 19.0 Å². The fourth-order valence-electron chi connectivity index (χ4n) is 3.09. The zero-order valence-corrected chi connectivity index (χ0v) is 13.9. The summed E-state index contributed by atoms with van der Waals surface area (Å²) < 4.78 is 14.4. The number of benzene rings is 1. The second-order valence-corrected chi connectivity index (χ2v) is 6.09. The fourth-order valence-corrected chi connectivity index (χ4v) is 3.09. The van der Waals surface area contributed by atoms with Crippen LogP contribution in [-0.4, -0.2) is 44.6 Å². The zero-order valence-electron chi connectivity index (χ0n) is 13.9. The van der Waals surface area contributed by atoms with Crippen molar-refractivity contribution in [3.05, 3.63) is 47.9 Å². The molecule has 8 nitrogen and oxygen atoms in total. The van der Waals surface area contributed by atoms with E-state index in [1.165, 1.54) is 34.0 Å². The molecule has 2 aromatic rings. The molecule has 1 saturated heterocycles. The smallest absolute Gasteiger partial charge is 0.325 e. The number of anilines is 1. The maximum atomic E-state index is 13.2. The number of carbonyl (C=O) groups excluding carboxylic acids is 2. The van der Waals surface area contributed by atoms with Crippen molar-refractivity contribution < 1.29 is 23.9 Å². The van der Waals surface area contributed by atoms with Gasteiger partial charge in [-0.2, -0.15) is 5.10 Å². The number of carbonyl (C=O) groups is 3. The van der Waals surface area contributed by atoms with Crippen molar-refractivity contribution in [2.75, 3.05) is 12.4 Å². The van der Waals surface area contributed by atoms with Crippen LogP contribution in [0.25, 0.3) is 0 Å². The molecule has 9 heteroatoms. The Labute approximate surface area is 148 Å². The monoisotopic (exact) mass is 360 g/mol. The van der Waals surface area contributed by atoms with Crippen LogP contribution in [0.3, 0.4) is 0 Å². The minimum absolute atomic E-state index is 0.0280. The van der Waals surface area contributed by atoms with Crippen LogP contribution < -0.4 is 5.32 Å². The van der Waals surface area contributed by atoms with E-state index < -0.39 is 29.7 Å². The molecule has 2 unspecified atom stereocenters. The Morgan fingerprint density at radius 1 is 1.31 bits per heavy atom. The first-order chi connectivity index (χ1) is 12.3. The van der Waals surface area contributed by atoms with Crippen LogP contribution in [0.4, 0.5) is 10.2 Å². The van der Waals surface area contributed by atoms with Crippen LogP contribution in [0.2, 0.25) is 0 Å². The summed E-state index contributed by atoms with van der Waals surface area (Å²) >= 11 is 0. The molecule has 26 heavy (non-hydrogen) atoms. The summed E-state index contributed by atoms with van der Waals surface area (Å²) in [7, 11) is 1.60. The number of hydrogen-bond donors (Lipinski definition) is 2. The summed E-state index contributed by atoms with van der Waals surface area (Å²) in [5, 5.41) is 15.3. The first-order valence-electron chi connectivity index (χ1n) is 7.92. The molecule has 2 atom stereocenters. The van der Waals surface area contributed by atoms with E-state index in [4.69, 9.17) is 5.11 Å². The van der Waals surface area contributed by atoms with E-state index in [-0.39, 0.29) is 24.7 Å². The molecule has 2 heterocycles. The minimum Gasteiger partial charge on any atom is -0.480 e. The van der Waals surface area contributed by atoms with E-state index >= 15 is 0 Å². The summed E-state index contributed by atoms with van der Waals surface area (Å²) in [5.74, 6) is -2.50. The summed E-state index contributed by atoms with van der Waals surface area (Å²) in [4.78, 5) is 36.9. The molecule has 0 saturated carbocycles. The number of hydrogen-bond acceptors (Lipinski definition) is 4. The maximum absolute atomic E-state index is 13.2. The van der Waals surface area contributed by atoms with Gasteiger partial charge in [-0.05, 0) is 17.7 Å². The average Bonchev–Trinajstić information content (AvgIpc) is 3.13. The highest BCUT2D eigenvalue weighted by Gasteiger charge is 2.42. The summed E-state index contributed by atoms with van der Waals surface area (Å²) in [6.07, 6.45) is 1.47. The van der Waals surface area contributed by atoms with Crippen molar-refractivity contribution in [1.29, 1.82) is 0 Å². The Morgan fingerprint density at radius 3 is 2.65 bits per heavy atom. The van der Waals surface area contributed by atoms with E-state index in [1.54, 1.807) is 19.2 Å². The molecule has 136 valence electrons. The molecule has 1 aromatic carbocycles. The van der Waals surface area contributed by atoms with Gasteiger partial charge < -0.3 is 15.3 Å². The van der Waals surface area contributed by atoms with Crippen molar-refractivity contribution in [2.24, 2.45) is 5.92 Å². The molecular formula is C17H17FN4O4. The lowest BCUT2D eigenvalue weighted by molar-refractivity contribution is -0.138. The number of carboxylic acid groups (broad SMARTS) is 1. The highest BCUT2D eigenvalue weighted by Crippen LogP contribution is 2.37. The third-order valence-electron chi connectivity index (χ3n) is 4.32. The number of aliphatic carboxylic acids is 1. The van der Waals surface area contributed by atoms with Gasteiger partial charge in [0.15, 0.2) is 5.82 Å². The molecule has 2 N–H and O–H groups in total. The predicted octanol–water partition coefficient (Wildman–Crippen LogP) is 1.26. The average molecular weight is 360 g/mol. The maximum Gasteiger partial charge on any atom is 0.325 e. The molecule has 0 bridgehead atoms. The van der Waals surface area contributed by atoms with E-state index in [0.29, 0.717) is 5.56 Å². The van der Waals surface area contributed by atoms with Gasteiger partial charge >= 0.3 is 5.97 Å². The molecule has 1 fully saturated rings. The number of carboxylic acids is 1. The highest BCUT2D eigenvalue weighted by atomic mass is 19.1. The molecule has 3 rings (SSSR count). The van der Waals surface area contributed by atoms with Gasteiger partial charge in [0.2, 0.25) is 11.8 Å². The third kappa shape index (κ3) is 3.56. The van der Waals surface area contributed by atoms with Crippen LogP contribution in [0.15, 0.2) is 36.5 Å². The summed E-state index contributed by atoms with van der Waals surface area (Å²) in [5.41, 5.74) is 0.663. The van der Waals surface area contributed by atoms with Gasteiger partial charge in [-0.1, -0.05) is 12.1 Å². The van der Waals surface area contributed by atoms with Crippen LogP contribution in [-0.2, 0) is 20.9 Å². The van der Waals surface area contributed by atoms with Crippen LogP contribution in [0.5, 0.6) is 0 Å². The van der Waals surface area contributed by atoms with E-state index in [1.807, 2.05) is 0 Å². The number of halogens is 1. The Balaban J connectivity index is 1.78. The SMILES string of the molecule is CN1C(=O)CC(C(=O)Nc2ccn(CC(=O)O)n2)C1c1ccc(F)cc1. The van der Waals surface area contributed by atoms with Crippen LogP contribution >= 0.6 is 0 Å². The van der Waals surface area contributed by atoms with Gasteiger partial charge in [-0.25, -0.2) is 4.39 Å². The lowest BCUT2D eigenvalue weighted by Crippen LogP contribution is -2.30. The quantitative estimate of drug-likeness (QED) is 0.835. The number of nitrogens with zero attached hydrogens (tertiary/aromatic N) is 3. The first-order valence-corrected chi connectivity index (χ1v) is 7.92. The molecule has 0 radical (unpaired) electrons. The fraction of sp³-hybridized carbons (Fsp3) is 0.294. The zero-order chi connectivity index (χ0) is 18.8. The molecule has 0 aliphatic carbocycles. The Kier molecular flexibility index (Phi) is 4.70. The topological polar surface area (TPSA) is 105 Å². The van der Waals surface area contributed by atoms with Gasteiger partial charge in [0.05, 0.1) is 12.0 Å². The Morgan fingerprint density at radius 2 is 2.00 bits per heavy atom. The van der Waals surface area contributed by atoms with Gasteiger partial charge in [-0.15, -0.1) is 0 Å². The second-order valence-electron chi connectivity index (χ2n) is 6.09. The van der Waals surface area contributed by atoms with Gasteiger partial charge in [0, 0.05) is 25.7 Å². The highest BCUT2D eigenvalue weighted by molar-refractivity contribution is 5.97. The van der Waals surface area contributed by atoms with Crippen molar-refractivity contribution in [3.63, 3.8) is 0 Å². The number of rotatable bonds is 5. The molecule has 1 aliphatic heterocycles. The first kappa shape index (κ1) is 17.6. The normalized spacial score (nSPS) is 19.6. The van der Waals surface area contributed by atoms with Crippen molar-refractivity contribution in [3.8, 4) is 0 Å². The largest absolute Gasteiger partial charge is 0.480 e. The number of amides is 2. The molecular weight excluding hydrogens is 343 g/mol. The van der Waals surface area contributed by atoms with E-state index in [0.717, 1.165) is 0 Å². The van der Waals surface area contributed by atoms with E-state index in [9.17, 15) is 18.8 Å². The summed E-state index contributed by atoms with van der Waals surface area (Å²) in [6.45, 7) is -0.321. The van der Waals surface area contributed by atoms with Gasteiger partial charge in [0.25, 0.3) is 0 Å². The van der Waals surface area contributed by atoms with Crippen LogP contribution in [0, 0.1) is 11.7 Å². The van der Waals surface area contributed by atoms with Crippen LogP contribution in [0.1, 0.15) is 18.0 Å². The molecule has 2 amide bonds. The molecule has 1 aromatic heterocycles. The third-order valence-corrected chi connectivity index (χ3v) is 4.32.